The Balaban J connectivity index is 1.38. The van der Waals surface area contributed by atoms with E-state index in [1.807, 2.05) is 40.1 Å². The van der Waals surface area contributed by atoms with Gasteiger partial charge in [0.05, 0.1) is 6.54 Å². The van der Waals surface area contributed by atoms with Gasteiger partial charge in [0.15, 0.2) is 0 Å². The fraction of sp³-hybridized carbons (Fsp3) is 0.333. The Morgan fingerprint density at radius 1 is 0.926 bits per heavy atom. The minimum atomic E-state index is -0.332. The van der Waals surface area contributed by atoms with Crippen molar-refractivity contribution in [1.82, 2.24) is 9.80 Å². The van der Waals surface area contributed by atoms with E-state index in [9.17, 15) is 14.0 Å². The summed E-state index contributed by atoms with van der Waals surface area (Å²) in [5.41, 5.74) is 1.75. The number of rotatable bonds is 6. The van der Waals surface area contributed by atoms with E-state index in [4.69, 9.17) is 0 Å². The van der Waals surface area contributed by atoms with Gasteiger partial charge in [0.2, 0.25) is 11.8 Å². The van der Waals surface area contributed by atoms with E-state index in [0.29, 0.717) is 38.3 Å². The van der Waals surface area contributed by atoms with Crippen molar-refractivity contribution in [3.8, 4) is 0 Å². The molecule has 142 valence electrons. The molecule has 6 heteroatoms. The largest absolute Gasteiger partial charge is 0.340 e. The number of aryl methyl sites for hydroxylation is 1. The Kier molecular flexibility index (Phi) is 6.54. The van der Waals surface area contributed by atoms with Crippen LogP contribution in [0.25, 0.3) is 0 Å². The summed E-state index contributed by atoms with van der Waals surface area (Å²) >= 11 is 0. The van der Waals surface area contributed by atoms with Gasteiger partial charge in [0, 0.05) is 38.3 Å². The zero-order chi connectivity index (χ0) is 19.1. The van der Waals surface area contributed by atoms with E-state index >= 15 is 0 Å². The molecule has 1 aliphatic rings. The molecule has 1 heterocycles. The normalized spacial score (nSPS) is 14.8. The van der Waals surface area contributed by atoms with Gasteiger partial charge in [0.25, 0.3) is 0 Å². The summed E-state index contributed by atoms with van der Waals surface area (Å²) in [7, 11) is 0. The molecule has 0 radical (unpaired) electrons. The average molecular weight is 369 g/mol. The highest BCUT2D eigenvalue weighted by molar-refractivity contribution is 5.92. The third kappa shape index (κ3) is 5.89. The van der Waals surface area contributed by atoms with Gasteiger partial charge in [-0.3, -0.25) is 14.5 Å². The van der Waals surface area contributed by atoms with Crippen LogP contribution in [-0.2, 0) is 16.0 Å². The number of benzene rings is 2. The first-order valence-electron chi connectivity index (χ1n) is 9.19. The standard InChI is InChI=1S/C21H24FN3O2/c22-18-7-9-19(10-8-18)23-20(26)16-24-12-14-25(15-13-24)21(27)11-6-17-4-2-1-3-5-17/h1-5,7-10H,6,11-16H2,(H,23,26). The Bertz CT molecular complexity index is 757. The average Bonchev–Trinajstić information content (AvgIpc) is 2.69. The van der Waals surface area contributed by atoms with E-state index in [2.05, 4.69) is 5.32 Å². The molecule has 0 saturated carbocycles. The van der Waals surface area contributed by atoms with Crippen molar-refractivity contribution >= 4 is 17.5 Å². The molecule has 0 unspecified atom stereocenters. The Labute approximate surface area is 158 Å². The minimum absolute atomic E-state index is 0.134. The van der Waals surface area contributed by atoms with E-state index in [0.717, 1.165) is 6.42 Å². The van der Waals surface area contributed by atoms with Gasteiger partial charge < -0.3 is 10.2 Å². The van der Waals surface area contributed by atoms with Crippen LogP contribution in [0.2, 0.25) is 0 Å². The zero-order valence-corrected chi connectivity index (χ0v) is 15.2. The summed E-state index contributed by atoms with van der Waals surface area (Å²) in [5, 5.41) is 2.76. The number of hydrogen-bond donors (Lipinski definition) is 1. The number of halogens is 1. The molecule has 1 aliphatic heterocycles. The summed E-state index contributed by atoms with van der Waals surface area (Å²) < 4.78 is 12.9. The molecule has 0 aromatic heterocycles. The summed E-state index contributed by atoms with van der Waals surface area (Å²) in [6.07, 6.45) is 1.26. The summed E-state index contributed by atoms with van der Waals surface area (Å²) in [6, 6.07) is 15.7. The van der Waals surface area contributed by atoms with Gasteiger partial charge in [-0.25, -0.2) is 4.39 Å². The maximum Gasteiger partial charge on any atom is 0.238 e. The van der Waals surface area contributed by atoms with Crippen LogP contribution in [0.15, 0.2) is 54.6 Å². The molecule has 27 heavy (non-hydrogen) atoms. The first kappa shape index (κ1) is 19.0. The highest BCUT2D eigenvalue weighted by Crippen LogP contribution is 2.10. The predicted molar refractivity (Wildman–Crippen MR) is 103 cm³/mol. The van der Waals surface area contributed by atoms with Crippen LogP contribution in [0, 0.1) is 5.82 Å². The Morgan fingerprint density at radius 2 is 1.59 bits per heavy atom. The minimum Gasteiger partial charge on any atom is -0.340 e. The van der Waals surface area contributed by atoms with Crippen molar-refractivity contribution in [3.63, 3.8) is 0 Å². The molecule has 1 fully saturated rings. The number of hydrogen-bond acceptors (Lipinski definition) is 3. The molecule has 3 rings (SSSR count). The Morgan fingerprint density at radius 3 is 2.26 bits per heavy atom. The van der Waals surface area contributed by atoms with Gasteiger partial charge in [0.1, 0.15) is 5.82 Å². The zero-order valence-electron chi connectivity index (χ0n) is 15.2. The summed E-state index contributed by atoms with van der Waals surface area (Å²) in [4.78, 5) is 28.4. The van der Waals surface area contributed by atoms with E-state index < -0.39 is 0 Å². The summed E-state index contributed by atoms with van der Waals surface area (Å²) in [5.74, 6) is -0.305. The monoisotopic (exact) mass is 369 g/mol. The lowest BCUT2D eigenvalue weighted by molar-refractivity contribution is -0.133. The molecule has 0 aliphatic carbocycles. The molecule has 0 atom stereocenters. The Hall–Kier alpha value is -2.73. The van der Waals surface area contributed by atoms with Crippen molar-refractivity contribution in [1.29, 1.82) is 0 Å². The molecule has 0 spiro atoms. The molecule has 2 amide bonds. The fourth-order valence-corrected chi connectivity index (χ4v) is 3.15. The highest BCUT2D eigenvalue weighted by Gasteiger charge is 2.22. The van der Waals surface area contributed by atoms with E-state index in [1.165, 1.54) is 29.8 Å². The molecular weight excluding hydrogens is 345 g/mol. The second-order valence-electron chi connectivity index (χ2n) is 6.70. The SMILES string of the molecule is O=C(CN1CCN(C(=O)CCc2ccccc2)CC1)Nc1ccc(F)cc1. The van der Waals surface area contributed by atoms with Crippen LogP contribution < -0.4 is 5.32 Å². The number of nitrogens with zero attached hydrogens (tertiary/aromatic N) is 2. The number of carbonyl (C=O) groups excluding carboxylic acids is 2. The van der Waals surface area contributed by atoms with Crippen LogP contribution in [0.4, 0.5) is 10.1 Å². The second kappa shape index (κ2) is 9.28. The number of piperazine rings is 1. The number of nitrogens with one attached hydrogen (secondary N) is 1. The number of amides is 2. The molecule has 2 aromatic rings. The molecule has 5 nitrogen and oxygen atoms in total. The van der Waals surface area contributed by atoms with Gasteiger partial charge >= 0.3 is 0 Å². The van der Waals surface area contributed by atoms with Crippen LogP contribution >= 0.6 is 0 Å². The maximum absolute atomic E-state index is 12.9. The fourth-order valence-electron chi connectivity index (χ4n) is 3.15. The van der Waals surface area contributed by atoms with E-state index in [1.54, 1.807) is 0 Å². The third-order valence-corrected chi connectivity index (χ3v) is 4.69. The maximum atomic E-state index is 12.9. The quantitative estimate of drug-likeness (QED) is 0.851. The van der Waals surface area contributed by atoms with Gasteiger partial charge in [-0.2, -0.15) is 0 Å². The van der Waals surface area contributed by atoms with Crippen molar-refractivity contribution in [2.75, 3.05) is 38.0 Å². The van der Waals surface area contributed by atoms with Crippen LogP contribution in [-0.4, -0.2) is 54.3 Å². The van der Waals surface area contributed by atoms with Crippen LogP contribution in [0.3, 0.4) is 0 Å². The first-order chi connectivity index (χ1) is 13.1. The molecule has 0 bridgehead atoms. The summed E-state index contributed by atoms with van der Waals surface area (Å²) in [6.45, 7) is 2.89. The van der Waals surface area contributed by atoms with Crippen LogP contribution in [0.5, 0.6) is 0 Å². The molecule has 1 N–H and O–H groups in total. The van der Waals surface area contributed by atoms with Crippen LogP contribution in [0.1, 0.15) is 12.0 Å². The third-order valence-electron chi connectivity index (χ3n) is 4.69. The lowest BCUT2D eigenvalue weighted by Crippen LogP contribution is -2.50. The van der Waals surface area contributed by atoms with Gasteiger partial charge in [-0.1, -0.05) is 30.3 Å². The highest BCUT2D eigenvalue weighted by atomic mass is 19.1. The predicted octanol–water partition coefficient (Wildman–Crippen LogP) is 2.54. The van der Waals surface area contributed by atoms with E-state index in [-0.39, 0.29) is 24.2 Å². The van der Waals surface area contributed by atoms with Crippen molar-refractivity contribution in [2.24, 2.45) is 0 Å². The van der Waals surface area contributed by atoms with Crippen molar-refractivity contribution < 1.29 is 14.0 Å². The van der Waals surface area contributed by atoms with Crippen molar-refractivity contribution in [3.05, 3.63) is 66.0 Å². The first-order valence-corrected chi connectivity index (χ1v) is 9.19. The second-order valence-corrected chi connectivity index (χ2v) is 6.70. The number of carbonyl (C=O) groups is 2. The lowest BCUT2D eigenvalue weighted by atomic mass is 10.1. The van der Waals surface area contributed by atoms with Gasteiger partial charge in [-0.15, -0.1) is 0 Å². The number of anilines is 1. The lowest BCUT2D eigenvalue weighted by Gasteiger charge is -2.34. The topological polar surface area (TPSA) is 52.7 Å². The molecule has 2 aromatic carbocycles. The van der Waals surface area contributed by atoms with Gasteiger partial charge in [-0.05, 0) is 36.2 Å². The smallest absolute Gasteiger partial charge is 0.238 e. The molecule has 1 saturated heterocycles. The van der Waals surface area contributed by atoms with Crippen molar-refractivity contribution in [2.45, 2.75) is 12.8 Å². The molecular formula is C21H24FN3O2.